The number of aromatic nitrogens is 3. The summed E-state index contributed by atoms with van der Waals surface area (Å²) in [4.78, 5) is 17.1. The molecule has 0 bridgehead atoms. The molecule has 2 aromatic heterocycles. The van der Waals surface area contributed by atoms with Crippen LogP contribution in [0.25, 0.3) is 11.0 Å². The Morgan fingerprint density at radius 3 is 2.84 bits per heavy atom. The first-order chi connectivity index (χ1) is 15.4. The number of pyridine rings is 1. The molecule has 0 amide bonds. The summed E-state index contributed by atoms with van der Waals surface area (Å²) in [5.74, 6) is 2.38. The standard InChI is InChI=1S/C26H33N3O3/c1-16(2)25-24-17(3)13-23(27-26(24)29(4)28-25)32-15-20(30)8-6-7-18-9-10-19-14-21(31-5)11-12-22(18)19/h11-14,16,18H,6-10,15H2,1-5H3. The molecule has 1 aromatic carbocycles. The summed E-state index contributed by atoms with van der Waals surface area (Å²) in [6, 6.07) is 8.28. The van der Waals surface area contributed by atoms with Gasteiger partial charge in [0.15, 0.2) is 11.4 Å². The maximum atomic E-state index is 12.4. The molecule has 6 heteroatoms. The van der Waals surface area contributed by atoms with Crippen molar-refractivity contribution in [2.24, 2.45) is 7.05 Å². The van der Waals surface area contributed by atoms with Crippen LogP contribution in [0.2, 0.25) is 0 Å². The van der Waals surface area contributed by atoms with E-state index in [0.29, 0.717) is 24.1 Å². The molecule has 1 atom stereocenters. The van der Waals surface area contributed by atoms with Crippen molar-refractivity contribution in [2.45, 2.75) is 64.7 Å². The largest absolute Gasteiger partial charge is 0.497 e. The number of carbonyl (C=O) groups is 1. The summed E-state index contributed by atoms with van der Waals surface area (Å²) in [5, 5.41) is 5.69. The van der Waals surface area contributed by atoms with Crippen LogP contribution >= 0.6 is 0 Å². The minimum Gasteiger partial charge on any atom is -0.497 e. The van der Waals surface area contributed by atoms with Gasteiger partial charge in [-0.15, -0.1) is 0 Å². The van der Waals surface area contributed by atoms with Gasteiger partial charge in [-0.2, -0.15) is 10.1 Å². The average Bonchev–Trinajstić information content (AvgIpc) is 3.33. The van der Waals surface area contributed by atoms with Crippen molar-refractivity contribution in [1.29, 1.82) is 0 Å². The fraction of sp³-hybridized carbons (Fsp3) is 0.500. The van der Waals surface area contributed by atoms with E-state index in [1.165, 1.54) is 11.1 Å². The minimum atomic E-state index is 0.0608. The van der Waals surface area contributed by atoms with Crippen molar-refractivity contribution in [3.63, 3.8) is 0 Å². The molecular formula is C26H33N3O3. The van der Waals surface area contributed by atoms with Gasteiger partial charge in [-0.05, 0) is 73.3 Å². The van der Waals surface area contributed by atoms with Crippen molar-refractivity contribution >= 4 is 16.8 Å². The SMILES string of the molecule is COc1ccc2c(c1)CCC2CCCC(=O)COc1cc(C)c2c(C(C)C)nn(C)c2n1. The maximum absolute atomic E-state index is 12.4. The van der Waals surface area contributed by atoms with E-state index >= 15 is 0 Å². The van der Waals surface area contributed by atoms with Gasteiger partial charge in [0.25, 0.3) is 0 Å². The Kier molecular flexibility index (Phi) is 6.49. The maximum Gasteiger partial charge on any atom is 0.215 e. The quantitative estimate of drug-likeness (QED) is 0.459. The average molecular weight is 436 g/mol. The molecule has 0 aliphatic heterocycles. The van der Waals surface area contributed by atoms with Crippen molar-refractivity contribution in [3.8, 4) is 11.6 Å². The Balaban J connectivity index is 1.31. The van der Waals surface area contributed by atoms with E-state index in [0.717, 1.165) is 53.7 Å². The van der Waals surface area contributed by atoms with Crippen LogP contribution in [0.15, 0.2) is 24.3 Å². The van der Waals surface area contributed by atoms with Gasteiger partial charge >= 0.3 is 0 Å². The number of nitrogens with zero attached hydrogens (tertiary/aromatic N) is 3. The third kappa shape index (κ3) is 4.50. The van der Waals surface area contributed by atoms with Crippen LogP contribution in [0, 0.1) is 6.92 Å². The Bertz CT molecular complexity index is 1130. The molecule has 4 rings (SSSR count). The van der Waals surface area contributed by atoms with Gasteiger partial charge in [0, 0.05) is 24.9 Å². The Hall–Kier alpha value is -2.89. The van der Waals surface area contributed by atoms with Gasteiger partial charge in [0.1, 0.15) is 12.4 Å². The molecule has 1 aliphatic rings. The summed E-state index contributed by atoms with van der Waals surface area (Å²) in [5.41, 5.74) is 5.72. The molecule has 1 unspecified atom stereocenters. The number of hydrogen-bond donors (Lipinski definition) is 0. The van der Waals surface area contributed by atoms with E-state index in [2.05, 4.69) is 36.1 Å². The van der Waals surface area contributed by atoms with Crippen LogP contribution < -0.4 is 9.47 Å². The van der Waals surface area contributed by atoms with Crippen LogP contribution in [0.5, 0.6) is 11.6 Å². The highest BCUT2D eigenvalue weighted by Crippen LogP contribution is 2.38. The number of hydrogen-bond acceptors (Lipinski definition) is 5. The van der Waals surface area contributed by atoms with Gasteiger partial charge in [-0.25, -0.2) is 0 Å². The second-order valence-electron chi connectivity index (χ2n) is 9.16. The molecule has 170 valence electrons. The predicted molar refractivity (Wildman–Crippen MR) is 126 cm³/mol. The van der Waals surface area contributed by atoms with E-state index in [9.17, 15) is 4.79 Å². The van der Waals surface area contributed by atoms with E-state index in [1.807, 2.05) is 26.1 Å². The summed E-state index contributed by atoms with van der Waals surface area (Å²) in [6.07, 6.45) is 4.69. The molecule has 0 N–H and O–H groups in total. The van der Waals surface area contributed by atoms with Crippen LogP contribution in [0.3, 0.4) is 0 Å². The number of aryl methyl sites for hydroxylation is 3. The fourth-order valence-electron chi connectivity index (χ4n) is 4.80. The van der Waals surface area contributed by atoms with E-state index in [4.69, 9.17) is 9.47 Å². The second kappa shape index (κ2) is 9.31. The lowest BCUT2D eigenvalue weighted by molar-refractivity contribution is -0.121. The van der Waals surface area contributed by atoms with Crippen LogP contribution in [-0.2, 0) is 18.3 Å². The minimum absolute atomic E-state index is 0.0608. The highest BCUT2D eigenvalue weighted by atomic mass is 16.5. The van der Waals surface area contributed by atoms with Crippen molar-refractivity contribution < 1.29 is 14.3 Å². The van der Waals surface area contributed by atoms with Gasteiger partial charge < -0.3 is 9.47 Å². The molecule has 3 aromatic rings. The van der Waals surface area contributed by atoms with Crippen molar-refractivity contribution in [3.05, 3.63) is 46.6 Å². The first-order valence-corrected chi connectivity index (χ1v) is 11.5. The number of benzene rings is 1. The number of ether oxygens (including phenoxy) is 2. The highest BCUT2D eigenvalue weighted by Gasteiger charge is 2.23. The third-order valence-corrected chi connectivity index (χ3v) is 6.48. The highest BCUT2D eigenvalue weighted by molar-refractivity contribution is 5.83. The van der Waals surface area contributed by atoms with Gasteiger partial charge in [-0.1, -0.05) is 19.9 Å². The molecule has 2 heterocycles. The smallest absolute Gasteiger partial charge is 0.215 e. The number of ketones is 1. The third-order valence-electron chi connectivity index (χ3n) is 6.48. The van der Waals surface area contributed by atoms with E-state index in [-0.39, 0.29) is 12.4 Å². The summed E-state index contributed by atoms with van der Waals surface area (Å²) < 4.78 is 12.9. The lowest BCUT2D eigenvalue weighted by atomic mass is 9.95. The zero-order valence-corrected chi connectivity index (χ0v) is 19.8. The molecule has 6 nitrogen and oxygen atoms in total. The van der Waals surface area contributed by atoms with Gasteiger partial charge in [-0.3, -0.25) is 9.48 Å². The summed E-state index contributed by atoms with van der Waals surface area (Å²) in [6.45, 7) is 6.36. The normalized spacial score (nSPS) is 15.4. The van der Waals surface area contributed by atoms with Crippen LogP contribution in [-0.4, -0.2) is 34.3 Å². The fourth-order valence-corrected chi connectivity index (χ4v) is 4.80. The number of fused-ring (bicyclic) bond motifs is 2. The van der Waals surface area contributed by atoms with Gasteiger partial charge in [0.2, 0.25) is 5.88 Å². The number of Topliss-reactive ketones (excluding diaryl/α,β-unsaturated/α-hetero) is 1. The molecule has 32 heavy (non-hydrogen) atoms. The van der Waals surface area contributed by atoms with Gasteiger partial charge in [0.05, 0.1) is 12.8 Å². The monoisotopic (exact) mass is 435 g/mol. The predicted octanol–water partition coefficient (Wildman–Crippen LogP) is 5.26. The first kappa shape index (κ1) is 22.3. The zero-order chi connectivity index (χ0) is 22.8. The molecule has 0 radical (unpaired) electrons. The topological polar surface area (TPSA) is 66.2 Å². The number of methoxy groups -OCH3 is 1. The Morgan fingerprint density at radius 2 is 2.09 bits per heavy atom. The molecule has 0 saturated carbocycles. The Labute approximate surface area is 189 Å². The van der Waals surface area contributed by atoms with Crippen LogP contribution in [0.4, 0.5) is 0 Å². The lowest BCUT2D eigenvalue weighted by Crippen LogP contribution is -2.12. The first-order valence-electron chi connectivity index (χ1n) is 11.5. The molecule has 0 saturated heterocycles. The molecular weight excluding hydrogens is 402 g/mol. The Morgan fingerprint density at radius 1 is 1.28 bits per heavy atom. The number of carbonyl (C=O) groups excluding carboxylic acids is 1. The molecule has 0 spiro atoms. The van der Waals surface area contributed by atoms with E-state index < -0.39 is 0 Å². The number of rotatable bonds is 9. The van der Waals surface area contributed by atoms with E-state index in [1.54, 1.807) is 11.8 Å². The second-order valence-corrected chi connectivity index (χ2v) is 9.16. The molecule has 0 fully saturated rings. The lowest BCUT2D eigenvalue weighted by Gasteiger charge is -2.12. The van der Waals surface area contributed by atoms with Crippen LogP contribution in [0.1, 0.15) is 73.8 Å². The molecule has 1 aliphatic carbocycles. The van der Waals surface area contributed by atoms with Crippen molar-refractivity contribution in [1.82, 2.24) is 14.8 Å². The zero-order valence-electron chi connectivity index (χ0n) is 19.8. The van der Waals surface area contributed by atoms with Crippen molar-refractivity contribution in [2.75, 3.05) is 13.7 Å². The summed E-state index contributed by atoms with van der Waals surface area (Å²) >= 11 is 0. The summed E-state index contributed by atoms with van der Waals surface area (Å²) in [7, 11) is 3.60.